The number of furan rings is 1. The molecule has 0 spiro atoms. The van der Waals surface area contributed by atoms with Crippen LogP contribution in [0.3, 0.4) is 0 Å². The second-order valence-electron chi connectivity index (χ2n) is 5.63. The Balaban J connectivity index is 1.54. The third-order valence-electron chi connectivity index (χ3n) is 3.79. The van der Waals surface area contributed by atoms with Gasteiger partial charge in [-0.15, -0.1) is 0 Å². The van der Waals surface area contributed by atoms with Crippen LogP contribution in [-0.2, 0) is 11.3 Å². The van der Waals surface area contributed by atoms with Gasteiger partial charge in [0.2, 0.25) is 5.91 Å². The van der Waals surface area contributed by atoms with Gasteiger partial charge in [0.1, 0.15) is 11.8 Å². The van der Waals surface area contributed by atoms with Crippen LogP contribution >= 0.6 is 0 Å². The first kappa shape index (κ1) is 16.6. The normalized spacial score (nSPS) is 11.7. The fourth-order valence-electron chi connectivity index (χ4n) is 2.38. The molecule has 6 heteroatoms. The number of hydrogen-bond acceptors (Lipinski definition) is 3. The molecule has 128 valence electrons. The van der Waals surface area contributed by atoms with E-state index in [-0.39, 0.29) is 18.4 Å². The third kappa shape index (κ3) is 4.17. The Morgan fingerprint density at radius 1 is 1.08 bits per heavy atom. The summed E-state index contributed by atoms with van der Waals surface area (Å²) in [7, 11) is 0. The van der Waals surface area contributed by atoms with Gasteiger partial charge in [-0.1, -0.05) is 0 Å². The highest BCUT2D eigenvalue weighted by atomic mass is 16.3. The van der Waals surface area contributed by atoms with E-state index in [9.17, 15) is 9.59 Å². The molecule has 0 aliphatic heterocycles. The molecule has 0 bridgehead atoms. The van der Waals surface area contributed by atoms with Crippen LogP contribution in [0.15, 0.2) is 71.6 Å². The lowest BCUT2D eigenvalue weighted by atomic mass is 10.1. The maximum Gasteiger partial charge on any atom is 0.251 e. The highest BCUT2D eigenvalue weighted by Gasteiger charge is 2.16. The van der Waals surface area contributed by atoms with Gasteiger partial charge in [-0.05, 0) is 55.5 Å². The number of hydrogen-bond donors (Lipinski definition) is 2. The van der Waals surface area contributed by atoms with Crippen LogP contribution in [0.2, 0.25) is 0 Å². The van der Waals surface area contributed by atoms with Crippen LogP contribution < -0.4 is 10.6 Å². The first-order chi connectivity index (χ1) is 12.1. The smallest absolute Gasteiger partial charge is 0.251 e. The monoisotopic (exact) mass is 337 g/mol. The molecule has 0 aliphatic carbocycles. The first-order valence-corrected chi connectivity index (χ1v) is 7.98. The number of rotatable bonds is 6. The lowest BCUT2D eigenvalue weighted by Crippen LogP contribution is -2.44. The topological polar surface area (TPSA) is 76.3 Å². The second-order valence-corrected chi connectivity index (χ2v) is 5.63. The Morgan fingerprint density at radius 3 is 2.44 bits per heavy atom. The second kappa shape index (κ2) is 7.53. The van der Waals surface area contributed by atoms with Gasteiger partial charge >= 0.3 is 0 Å². The SMILES string of the molecule is C[C@@H](NC(=O)c1ccc(-n2cccc2)cc1)C(=O)NCc1ccco1. The van der Waals surface area contributed by atoms with Crippen molar-refractivity contribution in [3.05, 3.63) is 78.5 Å². The van der Waals surface area contributed by atoms with Crippen molar-refractivity contribution < 1.29 is 14.0 Å². The average molecular weight is 337 g/mol. The molecule has 1 atom stereocenters. The molecule has 0 aliphatic rings. The minimum absolute atomic E-state index is 0.270. The van der Waals surface area contributed by atoms with Crippen molar-refractivity contribution in [2.75, 3.05) is 0 Å². The molecule has 0 saturated heterocycles. The van der Waals surface area contributed by atoms with Crippen molar-refractivity contribution in [3.8, 4) is 5.69 Å². The van der Waals surface area contributed by atoms with Gasteiger partial charge in [-0.25, -0.2) is 0 Å². The fraction of sp³-hybridized carbons (Fsp3) is 0.158. The maximum atomic E-state index is 12.3. The lowest BCUT2D eigenvalue weighted by molar-refractivity contribution is -0.122. The molecule has 2 N–H and O–H groups in total. The fourth-order valence-corrected chi connectivity index (χ4v) is 2.38. The zero-order valence-corrected chi connectivity index (χ0v) is 13.8. The molecular formula is C19H19N3O3. The number of carbonyl (C=O) groups excluding carboxylic acids is 2. The van der Waals surface area contributed by atoms with Crippen LogP contribution in [-0.4, -0.2) is 22.4 Å². The largest absolute Gasteiger partial charge is 0.467 e. The first-order valence-electron chi connectivity index (χ1n) is 7.98. The van der Waals surface area contributed by atoms with E-state index >= 15 is 0 Å². The summed E-state index contributed by atoms with van der Waals surface area (Å²) in [6.07, 6.45) is 5.41. The molecule has 0 radical (unpaired) electrons. The molecule has 25 heavy (non-hydrogen) atoms. The van der Waals surface area contributed by atoms with E-state index in [0.717, 1.165) is 5.69 Å². The Morgan fingerprint density at radius 2 is 1.80 bits per heavy atom. The van der Waals surface area contributed by atoms with E-state index < -0.39 is 6.04 Å². The molecule has 0 saturated carbocycles. The third-order valence-corrected chi connectivity index (χ3v) is 3.79. The molecule has 2 aromatic heterocycles. The molecule has 3 rings (SSSR count). The number of aromatic nitrogens is 1. The minimum atomic E-state index is -0.647. The Kier molecular flexibility index (Phi) is 4.99. The van der Waals surface area contributed by atoms with Gasteiger partial charge in [-0.3, -0.25) is 9.59 Å². The molecule has 0 unspecified atom stereocenters. The summed E-state index contributed by atoms with van der Waals surface area (Å²) in [4.78, 5) is 24.3. The zero-order chi connectivity index (χ0) is 17.6. The van der Waals surface area contributed by atoms with Gasteiger partial charge in [0.25, 0.3) is 5.91 Å². The lowest BCUT2D eigenvalue weighted by Gasteiger charge is -2.14. The van der Waals surface area contributed by atoms with Crippen LogP contribution in [0.5, 0.6) is 0 Å². The van der Waals surface area contributed by atoms with E-state index in [1.165, 1.54) is 0 Å². The van der Waals surface area contributed by atoms with Crippen LogP contribution in [0.25, 0.3) is 5.69 Å². The summed E-state index contributed by atoms with van der Waals surface area (Å²) >= 11 is 0. The summed E-state index contributed by atoms with van der Waals surface area (Å²) in [5.41, 5.74) is 1.47. The van der Waals surface area contributed by atoms with E-state index in [1.54, 1.807) is 37.5 Å². The summed E-state index contributed by atoms with van der Waals surface area (Å²) in [6, 6.07) is 13.9. The molecule has 2 amide bonds. The van der Waals surface area contributed by atoms with Crippen molar-refractivity contribution >= 4 is 11.8 Å². The van der Waals surface area contributed by atoms with Crippen molar-refractivity contribution in [1.29, 1.82) is 0 Å². The highest BCUT2D eigenvalue weighted by molar-refractivity contribution is 5.97. The van der Waals surface area contributed by atoms with Gasteiger partial charge in [-0.2, -0.15) is 0 Å². The predicted molar refractivity (Wildman–Crippen MR) is 93.3 cm³/mol. The number of nitrogens with one attached hydrogen (secondary N) is 2. The number of amides is 2. The predicted octanol–water partition coefficient (Wildman–Crippen LogP) is 2.51. The summed E-state index contributed by atoms with van der Waals surface area (Å²) in [5, 5.41) is 5.41. The van der Waals surface area contributed by atoms with Gasteiger partial charge < -0.3 is 19.6 Å². The molecule has 3 aromatic rings. The quantitative estimate of drug-likeness (QED) is 0.725. The molecular weight excluding hydrogens is 318 g/mol. The van der Waals surface area contributed by atoms with Crippen LogP contribution in [0, 0.1) is 0 Å². The van der Waals surface area contributed by atoms with Gasteiger partial charge in [0, 0.05) is 23.6 Å². The van der Waals surface area contributed by atoms with Crippen molar-refractivity contribution in [2.45, 2.75) is 19.5 Å². The van der Waals surface area contributed by atoms with Gasteiger partial charge in [0.15, 0.2) is 0 Å². The highest BCUT2D eigenvalue weighted by Crippen LogP contribution is 2.10. The molecule has 1 aromatic carbocycles. The van der Waals surface area contributed by atoms with Gasteiger partial charge in [0.05, 0.1) is 12.8 Å². The standard InChI is InChI=1S/C19H19N3O3/c1-14(18(23)20-13-17-5-4-12-25-17)21-19(24)15-6-8-16(9-7-15)22-10-2-3-11-22/h2-12,14H,13H2,1H3,(H,20,23)(H,21,24)/t14-/m1/s1. The average Bonchev–Trinajstić information content (AvgIpc) is 3.33. The Hall–Kier alpha value is -3.28. The molecule has 6 nitrogen and oxygen atoms in total. The molecule has 2 heterocycles. The summed E-state index contributed by atoms with van der Waals surface area (Å²) in [6.45, 7) is 1.93. The van der Waals surface area contributed by atoms with E-state index in [2.05, 4.69) is 10.6 Å². The summed E-state index contributed by atoms with van der Waals surface area (Å²) in [5.74, 6) is 0.0980. The minimum Gasteiger partial charge on any atom is -0.467 e. The van der Waals surface area contributed by atoms with E-state index in [4.69, 9.17) is 4.42 Å². The Labute approximate surface area is 145 Å². The molecule has 0 fully saturated rings. The van der Waals surface area contributed by atoms with Crippen LogP contribution in [0.4, 0.5) is 0 Å². The number of nitrogens with zero attached hydrogens (tertiary/aromatic N) is 1. The van der Waals surface area contributed by atoms with Crippen LogP contribution in [0.1, 0.15) is 23.0 Å². The maximum absolute atomic E-state index is 12.3. The van der Waals surface area contributed by atoms with E-state index in [1.807, 2.05) is 41.2 Å². The Bertz CT molecular complexity index is 821. The number of benzene rings is 1. The van der Waals surface area contributed by atoms with Crippen molar-refractivity contribution in [1.82, 2.24) is 15.2 Å². The number of carbonyl (C=O) groups is 2. The summed E-state index contributed by atoms with van der Waals surface area (Å²) < 4.78 is 7.10. The van der Waals surface area contributed by atoms with E-state index in [0.29, 0.717) is 11.3 Å². The van der Waals surface area contributed by atoms with Crippen molar-refractivity contribution in [3.63, 3.8) is 0 Å². The zero-order valence-electron chi connectivity index (χ0n) is 13.8. The van der Waals surface area contributed by atoms with Crippen molar-refractivity contribution in [2.24, 2.45) is 0 Å².